The molecule has 0 spiro atoms. The molecule has 0 aromatic heterocycles. The average Bonchev–Trinajstić information content (AvgIpc) is 2.35. The van der Waals surface area contributed by atoms with E-state index in [2.05, 4.69) is 18.3 Å². The van der Waals surface area contributed by atoms with Gasteiger partial charge in [-0.15, -0.1) is 0 Å². The minimum Gasteiger partial charge on any atom is -0.494 e. The van der Waals surface area contributed by atoms with Crippen LogP contribution in [0.5, 0.6) is 5.75 Å². The zero-order chi connectivity index (χ0) is 12.5. The Morgan fingerprint density at radius 2 is 2.18 bits per heavy atom. The lowest BCUT2D eigenvalue weighted by atomic mass is 10.0. The van der Waals surface area contributed by atoms with Crippen LogP contribution in [0.2, 0.25) is 0 Å². The third kappa shape index (κ3) is 4.75. The molecule has 2 N–H and O–H groups in total. The lowest BCUT2D eigenvalue weighted by Crippen LogP contribution is -2.23. The molecule has 1 atom stereocenters. The minimum absolute atomic E-state index is 0.195. The molecule has 0 bridgehead atoms. The van der Waals surface area contributed by atoms with Gasteiger partial charge < -0.3 is 15.2 Å². The van der Waals surface area contributed by atoms with Gasteiger partial charge in [0.25, 0.3) is 0 Å². The lowest BCUT2D eigenvalue weighted by molar-refractivity contribution is 0.265. The van der Waals surface area contributed by atoms with Gasteiger partial charge in [0, 0.05) is 12.6 Å². The fourth-order valence-electron chi connectivity index (χ4n) is 1.82. The first kappa shape index (κ1) is 14.0. The second kappa shape index (κ2) is 8.09. The van der Waals surface area contributed by atoms with Gasteiger partial charge >= 0.3 is 0 Å². The summed E-state index contributed by atoms with van der Waals surface area (Å²) < 4.78 is 5.49. The van der Waals surface area contributed by atoms with E-state index in [1.165, 1.54) is 5.56 Å². The van der Waals surface area contributed by atoms with E-state index in [-0.39, 0.29) is 12.6 Å². The quantitative estimate of drug-likeness (QED) is 0.730. The fourth-order valence-corrected chi connectivity index (χ4v) is 1.82. The van der Waals surface area contributed by atoms with Crippen molar-refractivity contribution in [1.29, 1.82) is 0 Å². The summed E-state index contributed by atoms with van der Waals surface area (Å²) in [6, 6.07) is 8.29. The van der Waals surface area contributed by atoms with Crippen LogP contribution in [0.4, 0.5) is 0 Å². The third-order valence-electron chi connectivity index (χ3n) is 2.63. The van der Waals surface area contributed by atoms with Gasteiger partial charge in [0.15, 0.2) is 0 Å². The van der Waals surface area contributed by atoms with E-state index in [0.717, 1.165) is 25.1 Å². The predicted octanol–water partition coefficient (Wildman–Crippen LogP) is 2.51. The van der Waals surface area contributed by atoms with E-state index < -0.39 is 0 Å². The van der Waals surface area contributed by atoms with Crippen molar-refractivity contribution in [3.63, 3.8) is 0 Å². The van der Waals surface area contributed by atoms with Gasteiger partial charge in [0.2, 0.25) is 0 Å². The van der Waals surface area contributed by atoms with Crippen LogP contribution in [0.15, 0.2) is 24.3 Å². The molecule has 0 saturated heterocycles. The summed E-state index contributed by atoms with van der Waals surface area (Å²) in [5.74, 6) is 0.895. The maximum absolute atomic E-state index is 9.10. The molecule has 3 heteroatoms. The molecular weight excluding hydrogens is 214 g/mol. The van der Waals surface area contributed by atoms with Crippen LogP contribution >= 0.6 is 0 Å². The van der Waals surface area contributed by atoms with Crippen molar-refractivity contribution in [2.24, 2.45) is 0 Å². The Morgan fingerprint density at radius 3 is 2.82 bits per heavy atom. The smallest absolute Gasteiger partial charge is 0.119 e. The molecule has 0 aliphatic carbocycles. The van der Waals surface area contributed by atoms with Crippen LogP contribution in [-0.4, -0.2) is 24.9 Å². The topological polar surface area (TPSA) is 41.5 Å². The van der Waals surface area contributed by atoms with Gasteiger partial charge in [-0.25, -0.2) is 0 Å². The van der Waals surface area contributed by atoms with E-state index >= 15 is 0 Å². The molecule has 0 radical (unpaired) electrons. The van der Waals surface area contributed by atoms with E-state index in [0.29, 0.717) is 6.61 Å². The number of rotatable bonds is 8. The first-order chi connectivity index (χ1) is 8.31. The van der Waals surface area contributed by atoms with Crippen molar-refractivity contribution in [3.8, 4) is 5.75 Å². The molecule has 1 unspecified atom stereocenters. The van der Waals surface area contributed by atoms with Crippen molar-refractivity contribution in [1.82, 2.24) is 5.32 Å². The second-order valence-electron chi connectivity index (χ2n) is 4.02. The van der Waals surface area contributed by atoms with Crippen LogP contribution < -0.4 is 10.1 Å². The van der Waals surface area contributed by atoms with Crippen molar-refractivity contribution < 1.29 is 9.84 Å². The standard InChI is InChI=1S/C14H23NO2/c1-3-9-15-14(8-10-16)12-6-5-7-13(11-12)17-4-2/h5-7,11,14-16H,3-4,8-10H2,1-2H3. The van der Waals surface area contributed by atoms with Gasteiger partial charge in [-0.1, -0.05) is 19.1 Å². The van der Waals surface area contributed by atoms with Crippen molar-refractivity contribution in [3.05, 3.63) is 29.8 Å². The number of hydrogen-bond acceptors (Lipinski definition) is 3. The molecule has 1 rings (SSSR count). The monoisotopic (exact) mass is 237 g/mol. The Labute approximate surface area is 104 Å². The van der Waals surface area contributed by atoms with Gasteiger partial charge in [-0.05, 0) is 44.0 Å². The minimum atomic E-state index is 0.195. The summed E-state index contributed by atoms with van der Waals surface area (Å²) in [7, 11) is 0. The summed E-state index contributed by atoms with van der Waals surface area (Å²) in [5, 5.41) is 12.5. The van der Waals surface area contributed by atoms with Gasteiger partial charge in [-0.2, -0.15) is 0 Å². The Kier molecular flexibility index (Phi) is 6.67. The molecule has 17 heavy (non-hydrogen) atoms. The highest BCUT2D eigenvalue weighted by Gasteiger charge is 2.10. The number of nitrogens with one attached hydrogen (secondary N) is 1. The Balaban J connectivity index is 2.73. The zero-order valence-corrected chi connectivity index (χ0v) is 10.8. The Hall–Kier alpha value is -1.06. The fraction of sp³-hybridized carbons (Fsp3) is 0.571. The highest BCUT2D eigenvalue weighted by Crippen LogP contribution is 2.21. The molecule has 0 fully saturated rings. The number of hydrogen-bond donors (Lipinski definition) is 2. The summed E-state index contributed by atoms with van der Waals surface area (Å²) in [6.45, 7) is 5.95. The average molecular weight is 237 g/mol. The van der Waals surface area contributed by atoms with E-state index in [9.17, 15) is 0 Å². The number of ether oxygens (including phenoxy) is 1. The van der Waals surface area contributed by atoms with Crippen molar-refractivity contribution in [2.75, 3.05) is 19.8 Å². The SMILES string of the molecule is CCCNC(CCO)c1cccc(OCC)c1. The maximum atomic E-state index is 9.10. The van der Waals surface area contributed by atoms with Gasteiger partial charge in [0.05, 0.1) is 6.61 Å². The molecular formula is C14H23NO2. The second-order valence-corrected chi connectivity index (χ2v) is 4.02. The molecule has 96 valence electrons. The van der Waals surface area contributed by atoms with Gasteiger partial charge in [-0.3, -0.25) is 0 Å². The van der Waals surface area contributed by atoms with Crippen LogP contribution in [0.3, 0.4) is 0 Å². The molecule has 0 aliphatic rings. The van der Waals surface area contributed by atoms with E-state index in [1.54, 1.807) is 0 Å². The molecule has 0 amide bonds. The van der Waals surface area contributed by atoms with Crippen molar-refractivity contribution in [2.45, 2.75) is 32.7 Å². The number of aliphatic hydroxyl groups is 1. The van der Waals surface area contributed by atoms with E-state index in [1.807, 2.05) is 25.1 Å². The zero-order valence-electron chi connectivity index (χ0n) is 10.8. The number of benzene rings is 1. The molecule has 1 aromatic rings. The first-order valence-electron chi connectivity index (χ1n) is 6.38. The first-order valence-corrected chi connectivity index (χ1v) is 6.38. The van der Waals surface area contributed by atoms with Crippen molar-refractivity contribution >= 4 is 0 Å². The Morgan fingerprint density at radius 1 is 1.35 bits per heavy atom. The largest absolute Gasteiger partial charge is 0.494 e. The summed E-state index contributed by atoms with van der Waals surface area (Å²) in [5.41, 5.74) is 1.18. The van der Waals surface area contributed by atoms with Crippen LogP contribution in [-0.2, 0) is 0 Å². The molecule has 0 saturated carbocycles. The van der Waals surface area contributed by atoms with Crippen LogP contribution in [0, 0.1) is 0 Å². The summed E-state index contributed by atoms with van der Waals surface area (Å²) in [6.07, 6.45) is 1.82. The molecule has 1 aromatic carbocycles. The summed E-state index contributed by atoms with van der Waals surface area (Å²) >= 11 is 0. The maximum Gasteiger partial charge on any atom is 0.119 e. The highest BCUT2D eigenvalue weighted by molar-refractivity contribution is 5.30. The molecule has 3 nitrogen and oxygen atoms in total. The highest BCUT2D eigenvalue weighted by atomic mass is 16.5. The predicted molar refractivity (Wildman–Crippen MR) is 70.3 cm³/mol. The third-order valence-corrected chi connectivity index (χ3v) is 2.63. The van der Waals surface area contributed by atoms with Crippen LogP contribution in [0.1, 0.15) is 38.3 Å². The summed E-state index contributed by atoms with van der Waals surface area (Å²) in [4.78, 5) is 0. The van der Waals surface area contributed by atoms with E-state index in [4.69, 9.17) is 9.84 Å². The Bertz CT molecular complexity index is 315. The number of aliphatic hydroxyl groups excluding tert-OH is 1. The van der Waals surface area contributed by atoms with Gasteiger partial charge in [0.1, 0.15) is 5.75 Å². The van der Waals surface area contributed by atoms with Crippen LogP contribution in [0.25, 0.3) is 0 Å². The molecule has 0 heterocycles. The molecule has 0 aliphatic heterocycles. The normalized spacial score (nSPS) is 12.4. The lowest BCUT2D eigenvalue weighted by Gasteiger charge is -2.18.